The van der Waals surface area contributed by atoms with E-state index in [2.05, 4.69) is 10.2 Å². The quantitative estimate of drug-likeness (QED) is 0.756. The molecular weight excluding hydrogens is 212 g/mol. The predicted molar refractivity (Wildman–Crippen MR) is 68.2 cm³/mol. The van der Waals surface area contributed by atoms with Crippen LogP contribution in [0.5, 0.6) is 5.75 Å². The lowest BCUT2D eigenvalue weighted by Crippen LogP contribution is -1.78. The Morgan fingerprint density at radius 1 is 0.941 bits per heavy atom. The topological polar surface area (TPSA) is 45.0 Å². The molecule has 0 saturated heterocycles. The highest BCUT2D eigenvalue weighted by molar-refractivity contribution is 5.56. The average molecular weight is 226 g/mol. The molecule has 0 aliphatic carbocycles. The molecule has 0 unspecified atom stereocenters. The molecule has 2 aromatic carbocycles. The van der Waals surface area contributed by atoms with Crippen molar-refractivity contribution >= 4 is 11.4 Å². The molecule has 0 saturated carbocycles. The van der Waals surface area contributed by atoms with Crippen LogP contribution in [-0.4, -0.2) is 5.11 Å². The van der Waals surface area contributed by atoms with E-state index < -0.39 is 0 Å². The minimum absolute atomic E-state index is 0.190. The van der Waals surface area contributed by atoms with E-state index >= 15 is 0 Å². The Morgan fingerprint density at radius 2 is 1.65 bits per heavy atom. The number of phenolic OH excluding ortho intramolecular Hbond substituents is 1. The zero-order valence-electron chi connectivity index (χ0n) is 9.88. The molecule has 0 atom stereocenters. The van der Waals surface area contributed by atoms with E-state index in [9.17, 15) is 5.11 Å². The number of nitrogens with zero attached hydrogens (tertiary/aromatic N) is 2. The number of azo groups is 1. The Morgan fingerprint density at radius 3 is 2.35 bits per heavy atom. The van der Waals surface area contributed by atoms with Crippen molar-refractivity contribution < 1.29 is 5.11 Å². The number of rotatable bonds is 2. The normalized spacial score (nSPS) is 10.9. The zero-order valence-corrected chi connectivity index (χ0v) is 9.88. The van der Waals surface area contributed by atoms with Crippen LogP contribution in [0, 0.1) is 13.8 Å². The number of aryl methyl sites for hydroxylation is 2. The SMILES string of the molecule is Cc1cc(C)c(O)c(N=Nc2ccccc2)c1. The van der Waals surface area contributed by atoms with Crippen LogP contribution in [0.4, 0.5) is 11.4 Å². The van der Waals surface area contributed by atoms with Gasteiger partial charge in [-0.15, -0.1) is 5.11 Å². The van der Waals surface area contributed by atoms with Crippen LogP contribution in [0.25, 0.3) is 0 Å². The number of hydrogen-bond acceptors (Lipinski definition) is 3. The third-order valence-electron chi connectivity index (χ3n) is 2.45. The molecule has 17 heavy (non-hydrogen) atoms. The molecule has 0 radical (unpaired) electrons. The molecular formula is C14H14N2O. The smallest absolute Gasteiger partial charge is 0.146 e. The van der Waals surface area contributed by atoms with Gasteiger partial charge in [-0.1, -0.05) is 24.3 Å². The number of hydrogen-bond donors (Lipinski definition) is 1. The summed E-state index contributed by atoms with van der Waals surface area (Å²) in [6.45, 7) is 3.82. The maximum atomic E-state index is 9.85. The van der Waals surface area contributed by atoms with Crippen molar-refractivity contribution in [2.24, 2.45) is 10.2 Å². The van der Waals surface area contributed by atoms with Gasteiger partial charge >= 0.3 is 0 Å². The molecule has 3 heteroatoms. The van der Waals surface area contributed by atoms with E-state index in [1.54, 1.807) is 0 Å². The lowest BCUT2D eigenvalue weighted by Gasteiger charge is -2.03. The second-order valence-electron chi connectivity index (χ2n) is 3.99. The lowest BCUT2D eigenvalue weighted by molar-refractivity contribution is 0.472. The van der Waals surface area contributed by atoms with E-state index in [1.807, 2.05) is 56.3 Å². The fourth-order valence-electron chi connectivity index (χ4n) is 1.62. The maximum Gasteiger partial charge on any atom is 0.146 e. The van der Waals surface area contributed by atoms with Crippen LogP contribution in [0.15, 0.2) is 52.7 Å². The van der Waals surface area contributed by atoms with Gasteiger partial charge in [-0.25, -0.2) is 0 Å². The fourth-order valence-corrected chi connectivity index (χ4v) is 1.62. The molecule has 0 heterocycles. The van der Waals surface area contributed by atoms with Crippen LogP contribution in [0.1, 0.15) is 11.1 Å². The highest BCUT2D eigenvalue weighted by Gasteiger charge is 2.04. The Balaban J connectivity index is 2.33. The first kappa shape index (κ1) is 11.3. The minimum atomic E-state index is 0.190. The summed E-state index contributed by atoms with van der Waals surface area (Å²) in [5, 5.41) is 18.0. The molecule has 2 aromatic rings. The van der Waals surface area contributed by atoms with Crippen molar-refractivity contribution in [1.82, 2.24) is 0 Å². The zero-order chi connectivity index (χ0) is 12.3. The van der Waals surface area contributed by atoms with Gasteiger partial charge in [0.15, 0.2) is 0 Å². The highest BCUT2D eigenvalue weighted by atomic mass is 16.3. The summed E-state index contributed by atoms with van der Waals surface area (Å²) in [5.41, 5.74) is 3.15. The Labute approximate surface area is 100 Å². The highest BCUT2D eigenvalue weighted by Crippen LogP contribution is 2.32. The lowest BCUT2D eigenvalue weighted by atomic mass is 10.1. The van der Waals surface area contributed by atoms with Crippen LogP contribution >= 0.6 is 0 Å². The molecule has 0 spiro atoms. The van der Waals surface area contributed by atoms with E-state index in [4.69, 9.17) is 0 Å². The van der Waals surface area contributed by atoms with Crippen LogP contribution in [-0.2, 0) is 0 Å². The van der Waals surface area contributed by atoms with Gasteiger partial charge in [-0.3, -0.25) is 0 Å². The molecule has 0 bridgehead atoms. The van der Waals surface area contributed by atoms with Gasteiger partial charge in [0, 0.05) is 0 Å². The second-order valence-corrected chi connectivity index (χ2v) is 3.99. The monoisotopic (exact) mass is 226 g/mol. The number of benzene rings is 2. The van der Waals surface area contributed by atoms with Crippen molar-refractivity contribution in [2.75, 3.05) is 0 Å². The molecule has 0 aliphatic rings. The summed E-state index contributed by atoms with van der Waals surface area (Å²) >= 11 is 0. The number of aromatic hydroxyl groups is 1. The Hall–Kier alpha value is -2.16. The summed E-state index contributed by atoms with van der Waals surface area (Å²) < 4.78 is 0. The predicted octanol–water partition coefficient (Wildman–Crippen LogP) is 4.42. The van der Waals surface area contributed by atoms with Crippen molar-refractivity contribution in [1.29, 1.82) is 0 Å². The number of phenols is 1. The minimum Gasteiger partial charge on any atom is -0.505 e. The summed E-state index contributed by atoms with van der Waals surface area (Å²) in [6, 6.07) is 13.2. The Kier molecular flexibility index (Phi) is 3.19. The van der Waals surface area contributed by atoms with Gasteiger partial charge < -0.3 is 5.11 Å². The standard InChI is InChI=1S/C14H14N2O/c1-10-8-11(2)14(17)13(9-10)16-15-12-6-4-3-5-7-12/h3-9,17H,1-2H3. The first-order valence-corrected chi connectivity index (χ1v) is 5.44. The largest absolute Gasteiger partial charge is 0.505 e. The first-order chi connectivity index (χ1) is 8.16. The van der Waals surface area contributed by atoms with Crippen LogP contribution < -0.4 is 0 Å². The summed E-state index contributed by atoms with van der Waals surface area (Å²) in [6.07, 6.45) is 0. The van der Waals surface area contributed by atoms with Crippen LogP contribution in [0.3, 0.4) is 0 Å². The third kappa shape index (κ3) is 2.69. The van der Waals surface area contributed by atoms with Crippen LogP contribution in [0.2, 0.25) is 0 Å². The average Bonchev–Trinajstić information content (AvgIpc) is 2.33. The van der Waals surface area contributed by atoms with Gasteiger partial charge in [-0.2, -0.15) is 5.11 Å². The summed E-state index contributed by atoms with van der Waals surface area (Å²) in [5.74, 6) is 0.190. The van der Waals surface area contributed by atoms with Crippen molar-refractivity contribution in [3.05, 3.63) is 53.6 Å². The molecule has 0 aromatic heterocycles. The van der Waals surface area contributed by atoms with E-state index in [-0.39, 0.29) is 5.75 Å². The maximum absolute atomic E-state index is 9.85. The van der Waals surface area contributed by atoms with E-state index in [0.29, 0.717) is 5.69 Å². The molecule has 3 nitrogen and oxygen atoms in total. The van der Waals surface area contributed by atoms with E-state index in [1.165, 1.54) is 0 Å². The molecule has 0 amide bonds. The second kappa shape index (κ2) is 4.78. The third-order valence-corrected chi connectivity index (χ3v) is 2.45. The molecule has 2 rings (SSSR count). The molecule has 1 N–H and O–H groups in total. The first-order valence-electron chi connectivity index (χ1n) is 5.44. The molecule has 0 fully saturated rings. The van der Waals surface area contributed by atoms with Gasteiger partial charge in [0.05, 0.1) is 5.69 Å². The van der Waals surface area contributed by atoms with E-state index in [0.717, 1.165) is 16.8 Å². The molecule has 0 aliphatic heterocycles. The van der Waals surface area contributed by atoms with Gasteiger partial charge in [0.25, 0.3) is 0 Å². The summed E-state index contributed by atoms with van der Waals surface area (Å²) in [7, 11) is 0. The Bertz CT molecular complexity index is 548. The van der Waals surface area contributed by atoms with Gasteiger partial charge in [0.1, 0.15) is 11.4 Å². The van der Waals surface area contributed by atoms with Gasteiger partial charge in [0.2, 0.25) is 0 Å². The summed E-state index contributed by atoms with van der Waals surface area (Å²) in [4.78, 5) is 0. The molecule has 86 valence electrons. The van der Waals surface area contributed by atoms with Gasteiger partial charge in [-0.05, 0) is 43.2 Å². The van der Waals surface area contributed by atoms with Crippen molar-refractivity contribution in [2.45, 2.75) is 13.8 Å². The fraction of sp³-hybridized carbons (Fsp3) is 0.143. The van der Waals surface area contributed by atoms with Crippen molar-refractivity contribution in [3.8, 4) is 5.75 Å². The van der Waals surface area contributed by atoms with Crippen molar-refractivity contribution in [3.63, 3.8) is 0 Å².